The minimum atomic E-state index is -4.33. The predicted molar refractivity (Wildman–Crippen MR) is 300 cm³/mol. The van der Waals surface area contributed by atoms with E-state index in [1.54, 1.807) is 0 Å². The molecule has 0 rings (SSSR count). The van der Waals surface area contributed by atoms with Gasteiger partial charge >= 0.3 is 7.82 Å². The fourth-order valence-electron chi connectivity index (χ4n) is 8.49. The first-order valence-corrected chi connectivity index (χ1v) is 30.6. The summed E-state index contributed by atoms with van der Waals surface area (Å²) < 4.78 is 23.8. The number of carbonyl (C=O) groups excluding carboxylic acids is 1. The van der Waals surface area contributed by atoms with Crippen LogP contribution in [0.1, 0.15) is 264 Å². The first kappa shape index (κ1) is 67.2. The highest BCUT2D eigenvalue weighted by atomic mass is 31.2. The number of rotatable bonds is 53. The van der Waals surface area contributed by atoms with Gasteiger partial charge in [0.05, 0.1) is 39.9 Å². The zero-order valence-corrected chi connectivity index (χ0v) is 46.9. The Labute approximate surface area is 428 Å². The molecule has 1 amide bonds. The highest BCUT2D eigenvalue weighted by Gasteiger charge is 2.28. The largest absolute Gasteiger partial charge is 0.472 e. The van der Waals surface area contributed by atoms with Crippen molar-refractivity contribution >= 4 is 13.7 Å². The van der Waals surface area contributed by atoms with Gasteiger partial charge in [-0.1, -0.05) is 261 Å². The Morgan fingerprint density at radius 1 is 0.507 bits per heavy atom. The molecule has 0 saturated heterocycles. The first-order valence-electron chi connectivity index (χ1n) is 29.2. The van der Waals surface area contributed by atoms with Crippen molar-refractivity contribution in [1.29, 1.82) is 0 Å². The Morgan fingerprint density at radius 3 is 1.28 bits per heavy atom. The van der Waals surface area contributed by atoms with E-state index in [0.717, 1.165) is 77.0 Å². The summed E-state index contributed by atoms with van der Waals surface area (Å²) in [5, 5.41) is 14.1. The minimum Gasteiger partial charge on any atom is -0.391 e. The van der Waals surface area contributed by atoms with Gasteiger partial charge in [-0.2, -0.15) is 0 Å². The third-order valence-electron chi connectivity index (χ3n) is 13.0. The van der Waals surface area contributed by atoms with Crippen LogP contribution in [-0.4, -0.2) is 73.4 Å². The summed E-state index contributed by atoms with van der Waals surface area (Å²) in [6.07, 6.45) is 68.4. The molecular formula is C60H114N2O6P+. The van der Waals surface area contributed by atoms with Crippen molar-refractivity contribution in [3.8, 4) is 0 Å². The average molecular weight is 991 g/mol. The molecule has 3 atom stereocenters. The number of unbranched alkanes of at least 4 members (excludes halogenated alkanes) is 30. The number of nitrogens with zero attached hydrogens (tertiary/aromatic N) is 1. The van der Waals surface area contributed by atoms with Gasteiger partial charge in [0.25, 0.3) is 0 Å². The smallest absolute Gasteiger partial charge is 0.391 e. The van der Waals surface area contributed by atoms with Gasteiger partial charge in [-0.05, 0) is 57.8 Å². The van der Waals surface area contributed by atoms with Gasteiger partial charge in [0.15, 0.2) is 0 Å². The van der Waals surface area contributed by atoms with Gasteiger partial charge < -0.3 is 19.8 Å². The van der Waals surface area contributed by atoms with Crippen LogP contribution in [0, 0.1) is 0 Å². The summed E-state index contributed by atoms with van der Waals surface area (Å²) in [4.78, 5) is 23.4. The molecule has 0 aliphatic heterocycles. The second-order valence-electron chi connectivity index (χ2n) is 21.0. The van der Waals surface area contributed by atoms with Crippen LogP contribution < -0.4 is 5.32 Å². The van der Waals surface area contributed by atoms with E-state index in [1.165, 1.54) is 161 Å². The van der Waals surface area contributed by atoms with Gasteiger partial charge in [0.1, 0.15) is 13.2 Å². The summed E-state index contributed by atoms with van der Waals surface area (Å²) in [6, 6.07) is -0.768. The van der Waals surface area contributed by atoms with E-state index in [-0.39, 0.29) is 19.1 Å². The lowest BCUT2D eigenvalue weighted by Gasteiger charge is -2.26. The van der Waals surface area contributed by atoms with E-state index in [2.05, 4.69) is 79.9 Å². The molecule has 0 aromatic carbocycles. The molecule has 0 aromatic heterocycles. The van der Waals surface area contributed by atoms with Crippen molar-refractivity contribution in [2.45, 2.75) is 276 Å². The fraction of sp³-hybridized carbons (Fsp3) is 0.817. The normalized spacial score (nSPS) is 14.4. The summed E-state index contributed by atoms with van der Waals surface area (Å²) >= 11 is 0. The van der Waals surface area contributed by atoms with Crippen LogP contribution in [-0.2, 0) is 18.4 Å². The number of quaternary nitrogens is 1. The van der Waals surface area contributed by atoms with Gasteiger partial charge in [-0.25, -0.2) is 4.57 Å². The molecule has 0 radical (unpaired) electrons. The maximum Gasteiger partial charge on any atom is 0.472 e. The predicted octanol–water partition coefficient (Wildman–Crippen LogP) is 17.7. The van der Waals surface area contributed by atoms with Gasteiger partial charge in [-0.15, -0.1) is 0 Å². The molecule has 0 bridgehead atoms. The van der Waals surface area contributed by atoms with E-state index in [1.807, 2.05) is 21.1 Å². The zero-order chi connectivity index (χ0) is 50.6. The fourth-order valence-corrected chi connectivity index (χ4v) is 9.22. The number of aliphatic hydroxyl groups excluding tert-OH is 1. The number of nitrogens with one attached hydrogen (secondary N) is 1. The van der Waals surface area contributed by atoms with E-state index in [4.69, 9.17) is 9.05 Å². The lowest BCUT2D eigenvalue weighted by molar-refractivity contribution is -0.870. The first-order chi connectivity index (χ1) is 33.5. The minimum absolute atomic E-state index is 0.0716. The molecule has 69 heavy (non-hydrogen) atoms. The molecule has 8 nitrogen and oxygen atoms in total. The number of allylic oxidation sites excluding steroid dienone is 10. The molecule has 9 heteroatoms. The van der Waals surface area contributed by atoms with Crippen LogP contribution in [0.5, 0.6) is 0 Å². The molecule has 0 aliphatic rings. The highest BCUT2D eigenvalue weighted by Crippen LogP contribution is 2.43. The number of carbonyl (C=O) groups is 1. The molecule has 3 N–H and O–H groups in total. The van der Waals surface area contributed by atoms with Crippen molar-refractivity contribution in [3.05, 3.63) is 60.8 Å². The molecule has 0 aliphatic carbocycles. The molecular weight excluding hydrogens is 876 g/mol. The Hall–Kier alpha value is -1.80. The number of amides is 1. The number of hydrogen-bond acceptors (Lipinski definition) is 5. The van der Waals surface area contributed by atoms with E-state index >= 15 is 0 Å². The van der Waals surface area contributed by atoms with E-state index in [0.29, 0.717) is 23.9 Å². The topological polar surface area (TPSA) is 105 Å². The number of aliphatic hydroxyl groups is 1. The third kappa shape index (κ3) is 53.8. The van der Waals surface area contributed by atoms with Crippen LogP contribution >= 0.6 is 7.82 Å². The maximum absolute atomic E-state index is 13.0. The lowest BCUT2D eigenvalue weighted by Crippen LogP contribution is -2.46. The summed E-state index contributed by atoms with van der Waals surface area (Å²) in [5.74, 6) is -0.150. The van der Waals surface area contributed by atoms with Crippen LogP contribution in [0.3, 0.4) is 0 Å². The van der Waals surface area contributed by atoms with Crippen molar-refractivity contribution in [3.63, 3.8) is 0 Å². The second kappa shape index (κ2) is 51.1. The average Bonchev–Trinajstić information content (AvgIpc) is 3.31. The summed E-state index contributed by atoms with van der Waals surface area (Å²) in [7, 11) is 1.61. The van der Waals surface area contributed by atoms with Crippen molar-refractivity contribution in [1.82, 2.24) is 5.32 Å². The Balaban J connectivity index is 4.19. The quantitative estimate of drug-likeness (QED) is 0.0243. The van der Waals surface area contributed by atoms with E-state index in [9.17, 15) is 19.4 Å². The van der Waals surface area contributed by atoms with Crippen LogP contribution in [0.2, 0.25) is 0 Å². The lowest BCUT2D eigenvalue weighted by atomic mass is 10.0. The number of likely N-dealkylation sites (N-methyl/N-ethyl adjacent to an activating group) is 1. The van der Waals surface area contributed by atoms with E-state index < -0.39 is 20.0 Å². The van der Waals surface area contributed by atoms with Gasteiger partial charge in [0.2, 0.25) is 5.91 Å². The third-order valence-corrected chi connectivity index (χ3v) is 14.0. The zero-order valence-electron chi connectivity index (χ0n) is 46.0. The van der Waals surface area contributed by atoms with Crippen LogP contribution in [0.15, 0.2) is 60.8 Å². The number of phosphoric acid groups is 1. The van der Waals surface area contributed by atoms with Crippen molar-refractivity contribution in [2.24, 2.45) is 0 Å². The molecule has 0 aromatic rings. The highest BCUT2D eigenvalue weighted by molar-refractivity contribution is 7.47. The summed E-state index contributed by atoms with van der Waals surface area (Å²) in [6.45, 7) is 4.79. The number of hydrogen-bond donors (Lipinski definition) is 3. The molecule has 0 heterocycles. The summed E-state index contributed by atoms with van der Waals surface area (Å²) in [5.41, 5.74) is 0. The molecule has 0 saturated carbocycles. The van der Waals surface area contributed by atoms with Gasteiger partial charge in [-0.3, -0.25) is 13.8 Å². The van der Waals surface area contributed by atoms with Crippen LogP contribution in [0.25, 0.3) is 0 Å². The molecule has 0 spiro atoms. The Bertz CT molecular complexity index is 1310. The van der Waals surface area contributed by atoms with Crippen molar-refractivity contribution in [2.75, 3.05) is 40.9 Å². The maximum atomic E-state index is 13.0. The van der Waals surface area contributed by atoms with Gasteiger partial charge in [0, 0.05) is 6.42 Å². The monoisotopic (exact) mass is 990 g/mol. The molecule has 404 valence electrons. The second-order valence-corrected chi connectivity index (χ2v) is 22.4. The number of phosphoric ester groups is 1. The standard InChI is InChI=1S/C60H113N2O6P/c1-6-8-10-12-14-16-18-20-22-24-26-28-30-31-32-34-36-38-40-42-44-46-48-50-52-54-60(64)61-58(57-68-69(65,66)67-56-55-62(3,4)5)59(63)53-51-49-47-45-43-41-39-37-35-33-29-27-25-23-21-19-17-15-13-11-9-7-2/h8,10,14,16,20,22,26,28,31-32,58-59,63H,6-7,9,11-13,15,17-19,21,23-25,27,29-30,33-57H2,1-5H3,(H-,61,64,65,66)/p+1/b10-8-,16-14-,22-20-,28-26-,32-31-. The Morgan fingerprint density at radius 2 is 0.870 bits per heavy atom. The Kier molecular flexibility index (Phi) is 49.8. The van der Waals surface area contributed by atoms with Crippen molar-refractivity contribution < 1.29 is 32.9 Å². The molecule has 0 fully saturated rings. The molecule has 3 unspecified atom stereocenters. The van der Waals surface area contributed by atoms with Crippen LogP contribution in [0.4, 0.5) is 0 Å². The SMILES string of the molecule is CC/C=C\C/C=C\C/C=C\C/C=C\C/C=C\CCCCCCCCCCCC(=O)NC(COP(=O)(O)OCC[N+](C)(C)C)C(O)CCCCCCCCCCCCCCCCCCCCCCCC.